The number of fused-ring (bicyclic) bond motifs is 1. The van der Waals surface area contributed by atoms with Crippen molar-refractivity contribution in [1.29, 1.82) is 0 Å². The lowest BCUT2D eigenvalue weighted by Crippen LogP contribution is -2.43. The molecule has 0 saturated carbocycles. The molecule has 0 bridgehead atoms. The Hall–Kier alpha value is -1.44. The number of rotatable bonds is 7. The zero-order valence-electron chi connectivity index (χ0n) is 12.4. The number of amides is 1. The zero-order chi connectivity index (χ0) is 16.2. The summed E-state index contributed by atoms with van der Waals surface area (Å²) in [5.74, 6) is -0.393. The highest BCUT2D eigenvalue weighted by atomic mass is 32.2. The number of benzene rings is 1. The predicted molar refractivity (Wildman–Crippen MR) is 83.6 cm³/mol. The van der Waals surface area contributed by atoms with Crippen molar-refractivity contribution in [2.75, 3.05) is 6.54 Å². The van der Waals surface area contributed by atoms with E-state index in [1.165, 1.54) is 5.56 Å². The zero-order valence-corrected chi connectivity index (χ0v) is 13.3. The normalized spacial score (nSPS) is 17.0. The minimum atomic E-state index is -4.16. The van der Waals surface area contributed by atoms with Crippen LogP contribution in [0.3, 0.4) is 0 Å². The molecule has 0 aliphatic carbocycles. The van der Waals surface area contributed by atoms with Crippen LogP contribution >= 0.6 is 0 Å². The summed E-state index contributed by atoms with van der Waals surface area (Å²) in [6.45, 7) is 1.10. The van der Waals surface area contributed by atoms with Gasteiger partial charge in [-0.3, -0.25) is 14.2 Å². The first-order chi connectivity index (χ1) is 10.4. The van der Waals surface area contributed by atoms with Gasteiger partial charge in [0.25, 0.3) is 10.1 Å². The molecule has 1 amide bonds. The van der Waals surface area contributed by atoms with Crippen LogP contribution in [0.5, 0.6) is 0 Å². The number of hydrogen-bond acceptors (Lipinski definition) is 4. The highest BCUT2D eigenvalue weighted by Crippen LogP contribution is 2.24. The Labute approximate surface area is 131 Å². The molecule has 1 heterocycles. The predicted octanol–water partition coefficient (Wildman–Crippen LogP) is 1.30. The quantitative estimate of drug-likeness (QED) is 0.581. The minimum absolute atomic E-state index is 0.237. The summed E-state index contributed by atoms with van der Waals surface area (Å²) < 4.78 is 32.9. The fourth-order valence-corrected chi connectivity index (χ4v) is 3.92. The molecule has 1 atom stereocenters. The van der Waals surface area contributed by atoms with Crippen LogP contribution in [0.2, 0.25) is 0 Å². The molecule has 0 spiro atoms. The van der Waals surface area contributed by atoms with Crippen molar-refractivity contribution in [1.82, 2.24) is 4.90 Å². The monoisotopic (exact) mass is 326 g/mol. The molecular weight excluding hydrogens is 304 g/mol. The summed E-state index contributed by atoms with van der Waals surface area (Å²) in [5.41, 5.74) is 7.39. The molecule has 0 fully saturated rings. The molecule has 2 rings (SSSR count). The summed E-state index contributed by atoms with van der Waals surface area (Å²) in [4.78, 5) is 12.5. The minimum Gasteiger partial charge on any atom is -0.370 e. The van der Waals surface area contributed by atoms with E-state index in [0.29, 0.717) is 32.4 Å². The molecule has 0 radical (unpaired) electrons. The average Bonchev–Trinajstić information content (AvgIpc) is 2.45. The van der Waals surface area contributed by atoms with Crippen LogP contribution in [-0.2, 0) is 27.9 Å². The van der Waals surface area contributed by atoms with Gasteiger partial charge in [0, 0.05) is 19.5 Å². The fourth-order valence-electron chi connectivity index (χ4n) is 2.90. The average molecular weight is 326 g/mol. The molecule has 122 valence electrons. The Kier molecular flexibility index (Phi) is 5.55. The maximum atomic E-state index is 11.7. The third-order valence-electron chi connectivity index (χ3n) is 4.04. The van der Waals surface area contributed by atoms with Crippen molar-refractivity contribution >= 4 is 16.0 Å². The Morgan fingerprint density at radius 2 is 1.95 bits per heavy atom. The number of nitrogens with two attached hydrogens (primary N) is 1. The Bertz CT molecular complexity index is 630. The third-order valence-corrected chi connectivity index (χ3v) is 5.26. The van der Waals surface area contributed by atoms with Crippen molar-refractivity contribution in [3.63, 3.8) is 0 Å². The Morgan fingerprint density at radius 3 is 2.59 bits per heavy atom. The van der Waals surface area contributed by atoms with Crippen molar-refractivity contribution in [3.8, 4) is 0 Å². The fraction of sp³-hybridized carbons (Fsp3) is 0.533. The molecule has 3 N–H and O–H groups in total. The maximum absolute atomic E-state index is 11.7. The van der Waals surface area contributed by atoms with E-state index in [1.807, 2.05) is 24.3 Å². The molecule has 1 aromatic rings. The SMILES string of the molecule is NC(=O)CCCCC(N1CCc2ccccc2C1)S(=O)(=O)O. The number of primary amides is 1. The van der Waals surface area contributed by atoms with Gasteiger partial charge in [0.1, 0.15) is 5.37 Å². The van der Waals surface area contributed by atoms with E-state index in [1.54, 1.807) is 4.90 Å². The van der Waals surface area contributed by atoms with E-state index < -0.39 is 21.4 Å². The largest absolute Gasteiger partial charge is 0.370 e. The second-order valence-corrected chi connectivity index (χ2v) is 7.24. The number of carbonyl (C=O) groups is 1. The summed E-state index contributed by atoms with van der Waals surface area (Å²) in [5, 5.41) is -0.922. The molecule has 22 heavy (non-hydrogen) atoms. The van der Waals surface area contributed by atoms with Gasteiger partial charge >= 0.3 is 0 Å². The smallest absolute Gasteiger partial charge is 0.281 e. The second-order valence-electron chi connectivity index (χ2n) is 5.67. The van der Waals surface area contributed by atoms with Crippen molar-refractivity contribution in [2.45, 2.75) is 44.0 Å². The van der Waals surface area contributed by atoms with Crippen molar-refractivity contribution < 1.29 is 17.8 Å². The van der Waals surface area contributed by atoms with Gasteiger partial charge in [-0.15, -0.1) is 0 Å². The van der Waals surface area contributed by atoms with Gasteiger partial charge in [-0.2, -0.15) is 8.42 Å². The van der Waals surface area contributed by atoms with E-state index in [9.17, 15) is 17.8 Å². The van der Waals surface area contributed by atoms with Gasteiger partial charge in [-0.25, -0.2) is 0 Å². The molecule has 0 saturated heterocycles. The first-order valence-electron chi connectivity index (χ1n) is 7.43. The van der Waals surface area contributed by atoms with Gasteiger partial charge in [0.05, 0.1) is 0 Å². The molecule has 1 aliphatic heterocycles. The van der Waals surface area contributed by atoms with Gasteiger partial charge < -0.3 is 5.73 Å². The van der Waals surface area contributed by atoms with E-state index in [0.717, 1.165) is 12.0 Å². The van der Waals surface area contributed by atoms with Gasteiger partial charge in [0.15, 0.2) is 0 Å². The van der Waals surface area contributed by atoms with Crippen LogP contribution in [0.15, 0.2) is 24.3 Å². The van der Waals surface area contributed by atoms with E-state index in [-0.39, 0.29) is 6.42 Å². The van der Waals surface area contributed by atoms with Crippen LogP contribution in [0, 0.1) is 0 Å². The van der Waals surface area contributed by atoms with Crippen LogP contribution < -0.4 is 5.73 Å². The molecule has 6 nitrogen and oxygen atoms in total. The second kappa shape index (κ2) is 7.21. The lowest BCUT2D eigenvalue weighted by Gasteiger charge is -2.33. The number of unbranched alkanes of at least 4 members (excludes halogenated alkanes) is 1. The summed E-state index contributed by atoms with van der Waals surface area (Å²) in [6, 6.07) is 7.92. The summed E-state index contributed by atoms with van der Waals surface area (Å²) >= 11 is 0. The molecular formula is C15H22N2O4S. The van der Waals surface area contributed by atoms with Crippen LogP contribution in [0.25, 0.3) is 0 Å². The highest BCUT2D eigenvalue weighted by Gasteiger charge is 2.31. The Balaban J connectivity index is 2.03. The highest BCUT2D eigenvalue weighted by molar-refractivity contribution is 7.86. The standard InChI is InChI=1S/C15H22N2O4S/c16-14(18)7-3-4-8-15(22(19,20)21)17-10-9-12-5-1-2-6-13(12)11-17/h1-2,5-6,15H,3-4,7-11H2,(H2,16,18)(H,19,20,21). The molecule has 0 aromatic heterocycles. The first-order valence-corrected chi connectivity index (χ1v) is 8.93. The third kappa shape index (κ3) is 4.53. The Morgan fingerprint density at radius 1 is 1.27 bits per heavy atom. The number of carbonyl (C=O) groups excluding carboxylic acids is 1. The number of hydrogen-bond donors (Lipinski definition) is 2. The van der Waals surface area contributed by atoms with Gasteiger partial charge in [0.2, 0.25) is 5.91 Å². The molecule has 7 heteroatoms. The van der Waals surface area contributed by atoms with Crippen LogP contribution in [-0.4, -0.2) is 35.7 Å². The van der Waals surface area contributed by atoms with E-state index >= 15 is 0 Å². The van der Waals surface area contributed by atoms with Crippen LogP contribution in [0.4, 0.5) is 0 Å². The van der Waals surface area contributed by atoms with Gasteiger partial charge in [-0.1, -0.05) is 30.7 Å². The number of nitrogens with zero attached hydrogens (tertiary/aromatic N) is 1. The molecule has 1 aliphatic rings. The van der Waals surface area contributed by atoms with Crippen molar-refractivity contribution in [3.05, 3.63) is 35.4 Å². The topological polar surface area (TPSA) is 101 Å². The lowest BCUT2D eigenvalue weighted by molar-refractivity contribution is -0.118. The molecule has 1 aromatic carbocycles. The lowest BCUT2D eigenvalue weighted by atomic mass is 9.99. The van der Waals surface area contributed by atoms with Crippen molar-refractivity contribution in [2.24, 2.45) is 5.73 Å². The summed E-state index contributed by atoms with van der Waals surface area (Å²) in [6.07, 6.45) is 2.37. The maximum Gasteiger partial charge on any atom is 0.281 e. The summed E-state index contributed by atoms with van der Waals surface area (Å²) in [7, 11) is -4.16. The first kappa shape index (κ1) is 16.9. The molecule has 1 unspecified atom stereocenters. The van der Waals surface area contributed by atoms with E-state index in [2.05, 4.69) is 0 Å². The van der Waals surface area contributed by atoms with E-state index in [4.69, 9.17) is 5.73 Å². The van der Waals surface area contributed by atoms with Gasteiger partial charge in [-0.05, 0) is 30.4 Å². The van der Waals surface area contributed by atoms with Crippen LogP contribution in [0.1, 0.15) is 36.8 Å².